The van der Waals surface area contributed by atoms with E-state index in [0.717, 1.165) is 39.3 Å². The number of morpholine rings is 1. The van der Waals surface area contributed by atoms with Crippen LogP contribution in [0, 0.1) is 13.8 Å². The van der Waals surface area contributed by atoms with Gasteiger partial charge in [0.1, 0.15) is 0 Å². The molecule has 0 aromatic heterocycles. The van der Waals surface area contributed by atoms with E-state index in [9.17, 15) is 0 Å². The summed E-state index contributed by atoms with van der Waals surface area (Å²) in [6, 6.07) is 7.20. The van der Waals surface area contributed by atoms with E-state index in [1.807, 2.05) is 0 Å². The van der Waals surface area contributed by atoms with Gasteiger partial charge in [-0.2, -0.15) is 0 Å². The maximum atomic E-state index is 5.49. The van der Waals surface area contributed by atoms with Crippen LogP contribution in [0.5, 0.6) is 0 Å². The highest BCUT2D eigenvalue weighted by Crippen LogP contribution is 2.11. The van der Waals surface area contributed by atoms with Crippen molar-refractivity contribution in [3.8, 4) is 0 Å². The predicted octanol–water partition coefficient (Wildman–Crippen LogP) is 1.77. The number of nitrogens with zero attached hydrogens (tertiary/aromatic N) is 1. The zero-order valence-electron chi connectivity index (χ0n) is 12.4. The fraction of sp³-hybridized carbons (Fsp3) is 0.625. The second-order valence-electron chi connectivity index (χ2n) is 5.67. The van der Waals surface area contributed by atoms with Crippen molar-refractivity contribution in [2.45, 2.75) is 26.3 Å². The third kappa shape index (κ3) is 4.60. The average Bonchev–Trinajstić information content (AvgIpc) is 2.41. The number of likely N-dealkylation sites (N-methyl/N-ethyl adjacent to an activating group) is 1. The molecule has 3 nitrogen and oxygen atoms in total. The summed E-state index contributed by atoms with van der Waals surface area (Å²) in [7, 11) is 2.20. The lowest BCUT2D eigenvalue weighted by Crippen LogP contribution is -2.47. The molecule has 0 saturated carbocycles. The molecule has 1 aliphatic rings. The Morgan fingerprint density at radius 3 is 2.95 bits per heavy atom. The Bertz CT molecular complexity index is 400. The number of ether oxygens (including phenoxy) is 1. The summed E-state index contributed by atoms with van der Waals surface area (Å²) in [5.74, 6) is 0. The normalized spacial score (nSPS) is 19.9. The van der Waals surface area contributed by atoms with Crippen LogP contribution in [0.1, 0.15) is 16.7 Å². The van der Waals surface area contributed by atoms with E-state index in [0.29, 0.717) is 6.04 Å². The van der Waals surface area contributed by atoms with Gasteiger partial charge in [-0.15, -0.1) is 0 Å². The van der Waals surface area contributed by atoms with E-state index in [4.69, 9.17) is 4.74 Å². The molecule has 1 aromatic carbocycles. The van der Waals surface area contributed by atoms with E-state index in [-0.39, 0.29) is 0 Å². The average molecular weight is 262 g/mol. The summed E-state index contributed by atoms with van der Waals surface area (Å²) in [5.41, 5.74) is 4.23. The Kier molecular flexibility index (Phi) is 5.37. The minimum absolute atomic E-state index is 0.484. The fourth-order valence-electron chi connectivity index (χ4n) is 2.59. The van der Waals surface area contributed by atoms with E-state index in [1.165, 1.54) is 16.7 Å². The van der Waals surface area contributed by atoms with Gasteiger partial charge in [-0.1, -0.05) is 23.8 Å². The molecule has 0 radical (unpaired) electrons. The number of benzene rings is 1. The molecule has 1 atom stereocenters. The molecule has 106 valence electrons. The maximum absolute atomic E-state index is 5.49. The number of aryl methyl sites for hydroxylation is 2. The smallest absolute Gasteiger partial charge is 0.0632 e. The minimum Gasteiger partial charge on any atom is -0.378 e. The van der Waals surface area contributed by atoms with E-state index < -0.39 is 0 Å². The van der Waals surface area contributed by atoms with Gasteiger partial charge < -0.3 is 15.0 Å². The van der Waals surface area contributed by atoms with Crippen molar-refractivity contribution < 1.29 is 4.74 Å². The Balaban J connectivity index is 1.79. The quantitative estimate of drug-likeness (QED) is 0.875. The topological polar surface area (TPSA) is 24.5 Å². The molecule has 1 fully saturated rings. The van der Waals surface area contributed by atoms with Gasteiger partial charge in [0, 0.05) is 25.7 Å². The Labute approximate surface area is 116 Å². The first-order chi connectivity index (χ1) is 9.15. The van der Waals surface area contributed by atoms with Crippen LogP contribution < -0.4 is 5.32 Å². The summed E-state index contributed by atoms with van der Waals surface area (Å²) < 4.78 is 5.49. The number of rotatable bonds is 5. The molecule has 0 spiro atoms. The lowest BCUT2D eigenvalue weighted by atomic mass is 10.0. The van der Waals surface area contributed by atoms with Crippen LogP contribution in [-0.2, 0) is 11.2 Å². The molecule has 2 rings (SSSR count). The highest BCUT2D eigenvalue weighted by atomic mass is 16.5. The van der Waals surface area contributed by atoms with Crippen molar-refractivity contribution in [2.75, 3.05) is 39.9 Å². The summed E-state index contributed by atoms with van der Waals surface area (Å²) in [4.78, 5) is 2.40. The molecule has 1 aromatic rings. The van der Waals surface area contributed by atoms with E-state index >= 15 is 0 Å². The molecule has 1 saturated heterocycles. The van der Waals surface area contributed by atoms with Gasteiger partial charge in [0.2, 0.25) is 0 Å². The van der Waals surface area contributed by atoms with Crippen molar-refractivity contribution >= 4 is 0 Å². The van der Waals surface area contributed by atoms with E-state index in [2.05, 4.69) is 49.3 Å². The van der Waals surface area contributed by atoms with Crippen LogP contribution in [0.3, 0.4) is 0 Å². The van der Waals surface area contributed by atoms with Crippen LogP contribution in [-0.4, -0.2) is 50.8 Å². The second-order valence-corrected chi connectivity index (χ2v) is 5.67. The van der Waals surface area contributed by atoms with Crippen LogP contribution in [0.25, 0.3) is 0 Å². The molecule has 19 heavy (non-hydrogen) atoms. The van der Waals surface area contributed by atoms with Crippen LogP contribution in [0.15, 0.2) is 18.2 Å². The summed E-state index contributed by atoms with van der Waals surface area (Å²) >= 11 is 0. The molecule has 0 amide bonds. The molecule has 1 heterocycles. The minimum atomic E-state index is 0.484. The molecule has 3 heteroatoms. The highest BCUT2D eigenvalue weighted by molar-refractivity contribution is 5.30. The summed E-state index contributed by atoms with van der Waals surface area (Å²) in [6.45, 7) is 9.20. The molecule has 0 bridgehead atoms. The molecule has 1 unspecified atom stereocenters. The molecule has 1 N–H and O–H groups in total. The van der Waals surface area contributed by atoms with Crippen molar-refractivity contribution in [3.05, 3.63) is 34.9 Å². The van der Waals surface area contributed by atoms with Gasteiger partial charge in [-0.05, 0) is 38.4 Å². The first-order valence-corrected chi connectivity index (χ1v) is 7.21. The molecular weight excluding hydrogens is 236 g/mol. The zero-order chi connectivity index (χ0) is 13.7. The van der Waals surface area contributed by atoms with Crippen molar-refractivity contribution in [1.29, 1.82) is 0 Å². The first kappa shape index (κ1) is 14.5. The molecule has 0 aliphatic carbocycles. The van der Waals surface area contributed by atoms with Gasteiger partial charge in [0.25, 0.3) is 0 Å². The Morgan fingerprint density at radius 2 is 2.21 bits per heavy atom. The van der Waals surface area contributed by atoms with Gasteiger partial charge in [-0.25, -0.2) is 0 Å². The first-order valence-electron chi connectivity index (χ1n) is 7.21. The Morgan fingerprint density at radius 1 is 1.37 bits per heavy atom. The molecular formula is C16H26N2O. The van der Waals surface area contributed by atoms with Crippen LogP contribution in [0.4, 0.5) is 0 Å². The van der Waals surface area contributed by atoms with Gasteiger partial charge >= 0.3 is 0 Å². The van der Waals surface area contributed by atoms with E-state index in [1.54, 1.807) is 0 Å². The lowest BCUT2D eigenvalue weighted by molar-refractivity contribution is 0.0655. The number of nitrogens with one attached hydrogen (secondary N) is 1. The monoisotopic (exact) mass is 262 g/mol. The van der Waals surface area contributed by atoms with Crippen LogP contribution >= 0.6 is 0 Å². The third-order valence-electron chi connectivity index (χ3n) is 3.80. The summed E-state index contributed by atoms with van der Waals surface area (Å²) in [5, 5.41) is 3.50. The van der Waals surface area contributed by atoms with Crippen molar-refractivity contribution in [2.24, 2.45) is 0 Å². The third-order valence-corrected chi connectivity index (χ3v) is 3.80. The Hall–Kier alpha value is -0.900. The standard InChI is InChI=1S/C16H26N2O/c1-13-4-5-14(2)15(10-13)6-8-18(3)11-16-12-19-9-7-17-16/h4-5,10,16-17H,6-9,11-12H2,1-3H3. The molecule has 1 aliphatic heterocycles. The van der Waals surface area contributed by atoms with Crippen molar-refractivity contribution in [3.63, 3.8) is 0 Å². The van der Waals surface area contributed by atoms with Gasteiger partial charge in [0.05, 0.1) is 13.2 Å². The summed E-state index contributed by atoms with van der Waals surface area (Å²) in [6.07, 6.45) is 1.12. The highest BCUT2D eigenvalue weighted by Gasteiger charge is 2.14. The lowest BCUT2D eigenvalue weighted by Gasteiger charge is -2.28. The second kappa shape index (κ2) is 7.04. The predicted molar refractivity (Wildman–Crippen MR) is 79.7 cm³/mol. The zero-order valence-corrected chi connectivity index (χ0v) is 12.4. The largest absolute Gasteiger partial charge is 0.378 e. The van der Waals surface area contributed by atoms with Gasteiger partial charge in [-0.3, -0.25) is 0 Å². The maximum Gasteiger partial charge on any atom is 0.0632 e. The van der Waals surface area contributed by atoms with Crippen LogP contribution in [0.2, 0.25) is 0 Å². The van der Waals surface area contributed by atoms with Crippen molar-refractivity contribution in [1.82, 2.24) is 10.2 Å². The number of hydrogen-bond donors (Lipinski definition) is 1. The van der Waals surface area contributed by atoms with Gasteiger partial charge in [0.15, 0.2) is 0 Å². The number of hydrogen-bond acceptors (Lipinski definition) is 3. The SMILES string of the molecule is Cc1ccc(C)c(CCN(C)CC2COCCN2)c1. The fourth-order valence-corrected chi connectivity index (χ4v) is 2.59.